The Balaban J connectivity index is 1.85. The summed E-state index contributed by atoms with van der Waals surface area (Å²) in [5.74, 6) is 0.535. The molecule has 21 heavy (non-hydrogen) atoms. The first kappa shape index (κ1) is 16.8. The van der Waals surface area contributed by atoms with Crippen LogP contribution in [-0.4, -0.2) is 47.2 Å². The van der Waals surface area contributed by atoms with Crippen molar-refractivity contribution < 1.29 is 9.90 Å². The first-order chi connectivity index (χ1) is 10.1. The summed E-state index contributed by atoms with van der Waals surface area (Å²) >= 11 is 0. The molecule has 1 aliphatic carbocycles. The molecule has 0 spiro atoms. The maximum atomic E-state index is 12.3. The molecule has 1 heterocycles. The van der Waals surface area contributed by atoms with Crippen LogP contribution >= 0.6 is 0 Å². The average molecular weight is 296 g/mol. The molecule has 1 saturated carbocycles. The summed E-state index contributed by atoms with van der Waals surface area (Å²) in [6.07, 6.45) is 8.74. The van der Waals surface area contributed by atoms with Crippen molar-refractivity contribution in [3.63, 3.8) is 0 Å². The van der Waals surface area contributed by atoms with E-state index in [1.807, 2.05) is 6.92 Å². The summed E-state index contributed by atoms with van der Waals surface area (Å²) in [6.45, 7) is 5.99. The fraction of sp³-hybridized carbons (Fsp3) is 0.941. The van der Waals surface area contributed by atoms with Gasteiger partial charge in [0.25, 0.3) is 0 Å². The van der Waals surface area contributed by atoms with E-state index < -0.39 is 0 Å². The largest absolute Gasteiger partial charge is 0.393 e. The fourth-order valence-corrected chi connectivity index (χ4v) is 4.06. The van der Waals surface area contributed by atoms with Gasteiger partial charge in [-0.05, 0) is 45.6 Å². The van der Waals surface area contributed by atoms with Gasteiger partial charge < -0.3 is 10.4 Å². The lowest BCUT2D eigenvalue weighted by Crippen LogP contribution is -2.50. The van der Waals surface area contributed by atoms with Crippen LogP contribution in [0.4, 0.5) is 0 Å². The summed E-state index contributed by atoms with van der Waals surface area (Å²) in [6, 6.07) is 0.339. The molecular formula is C17H32N2O2. The Morgan fingerprint density at radius 1 is 1.29 bits per heavy atom. The number of likely N-dealkylation sites (tertiary alicyclic amines) is 1. The van der Waals surface area contributed by atoms with Crippen LogP contribution in [0, 0.1) is 5.92 Å². The van der Waals surface area contributed by atoms with Gasteiger partial charge in [0.15, 0.2) is 0 Å². The number of carbonyl (C=O) groups excluding carboxylic acids is 1. The molecule has 2 aliphatic rings. The highest BCUT2D eigenvalue weighted by Gasteiger charge is 2.41. The minimum atomic E-state index is -0.157. The van der Waals surface area contributed by atoms with Crippen LogP contribution in [0.25, 0.3) is 0 Å². The first-order valence-corrected chi connectivity index (χ1v) is 8.86. The molecule has 1 aliphatic heterocycles. The third kappa shape index (κ3) is 4.19. The molecule has 4 nitrogen and oxygen atoms in total. The molecule has 4 heteroatoms. The van der Waals surface area contributed by atoms with E-state index in [-0.39, 0.29) is 18.1 Å². The quantitative estimate of drug-likeness (QED) is 0.709. The van der Waals surface area contributed by atoms with E-state index >= 15 is 0 Å². The van der Waals surface area contributed by atoms with E-state index in [2.05, 4.69) is 17.1 Å². The van der Waals surface area contributed by atoms with Crippen LogP contribution in [0.15, 0.2) is 0 Å². The van der Waals surface area contributed by atoms with Gasteiger partial charge in [0.1, 0.15) is 0 Å². The van der Waals surface area contributed by atoms with Crippen molar-refractivity contribution in [1.82, 2.24) is 10.2 Å². The van der Waals surface area contributed by atoms with Crippen LogP contribution in [0.2, 0.25) is 0 Å². The van der Waals surface area contributed by atoms with Crippen molar-refractivity contribution in [2.75, 3.05) is 13.1 Å². The van der Waals surface area contributed by atoms with Gasteiger partial charge in [-0.3, -0.25) is 9.69 Å². The summed E-state index contributed by atoms with van der Waals surface area (Å²) in [5.41, 5.74) is 0. The molecule has 2 rings (SSSR count). The summed E-state index contributed by atoms with van der Waals surface area (Å²) < 4.78 is 0. The first-order valence-electron chi connectivity index (χ1n) is 8.86. The number of unbranched alkanes of at least 4 members (excludes halogenated alkanes) is 2. The number of carbonyl (C=O) groups is 1. The smallest absolute Gasteiger partial charge is 0.237 e. The highest BCUT2D eigenvalue weighted by Crippen LogP contribution is 2.36. The average Bonchev–Trinajstić information content (AvgIpc) is 3.10. The Labute approximate surface area is 129 Å². The number of hydrogen-bond acceptors (Lipinski definition) is 3. The third-order valence-electron chi connectivity index (χ3n) is 5.32. The lowest BCUT2D eigenvalue weighted by molar-refractivity contribution is -0.126. The summed E-state index contributed by atoms with van der Waals surface area (Å²) in [4.78, 5) is 14.7. The Bertz CT molecular complexity index is 335. The van der Waals surface area contributed by atoms with E-state index in [0.717, 1.165) is 51.6 Å². The number of aliphatic hydroxyl groups is 1. The van der Waals surface area contributed by atoms with Gasteiger partial charge in [-0.1, -0.05) is 26.2 Å². The highest BCUT2D eigenvalue weighted by atomic mass is 16.3. The van der Waals surface area contributed by atoms with Gasteiger partial charge in [0.2, 0.25) is 5.91 Å². The minimum absolute atomic E-state index is 0.0630. The van der Waals surface area contributed by atoms with Gasteiger partial charge in [0, 0.05) is 18.5 Å². The Kier molecular flexibility index (Phi) is 6.49. The topological polar surface area (TPSA) is 52.6 Å². The van der Waals surface area contributed by atoms with Gasteiger partial charge in [-0.15, -0.1) is 0 Å². The third-order valence-corrected chi connectivity index (χ3v) is 5.32. The van der Waals surface area contributed by atoms with Crippen LogP contribution in [-0.2, 0) is 4.79 Å². The maximum absolute atomic E-state index is 12.3. The zero-order valence-corrected chi connectivity index (χ0v) is 13.7. The Hall–Kier alpha value is -0.610. The fourth-order valence-electron chi connectivity index (χ4n) is 4.06. The number of nitrogens with one attached hydrogen (secondary N) is 1. The normalized spacial score (nSPS) is 31.5. The second-order valence-electron chi connectivity index (χ2n) is 6.78. The molecule has 1 saturated heterocycles. The predicted octanol–water partition coefficient (Wildman–Crippen LogP) is 2.31. The van der Waals surface area contributed by atoms with E-state index in [9.17, 15) is 9.90 Å². The van der Waals surface area contributed by atoms with E-state index in [4.69, 9.17) is 0 Å². The maximum Gasteiger partial charge on any atom is 0.237 e. The number of amides is 1. The zero-order chi connectivity index (χ0) is 15.2. The minimum Gasteiger partial charge on any atom is -0.393 e. The molecule has 1 amide bonds. The number of hydrogen-bond donors (Lipinski definition) is 2. The van der Waals surface area contributed by atoms with Crippen molar-refractivity contribution in [2.45, 2.75) is 83.4 Å². The highest BCUT2D eigenvalue weighted by molar-refractivity contribution is 5.81. The predicted molar refractivity (Wildman–Crippen MR) is 85.1 cm³/mol. The van der Waals surface area contributed by atoms with Gasteiger partial charge in [-0.25, -0.2) is 0 Å². The van der Waals surface area contributed by atoms with Crippen molar-refractivity contribution in [1.29, 1.82) is 0 Å². The second kappa shape index (κ2) is 8.14. The monoisotopic (exact) mass is 296 g/mol. The lowest BCUT2D eigenvalue weighted by atomic mass is 9.93. The standard InChI is InChI=1S/C17H32N2O2/c1-3-4-5-11-18-17(21)13(2)19-12-7-9-15(19)14-8-6-10-16(14)20/h13-16,20H,3-12H2,1-2H3,(H,18,21). The molecule has 4 atom stereocenters. The van der Waals surface area contributed by atoms with E-state index in [0.29, 0.717) is 12.0 Å². The number of aliphatic hydroxyl groups excluding tert-OH is 1. The van der Waals surface area contributed by atoms with Crippen molar-refractivity contribution in [3.05, 3.63) is 0 Å². The molecular weight excluding hydrogens is 264 g/mol. The molecule has 4 unspecified atom stereocenters. The molecule has 0 radical (unpaired) electrons. The molecule has 2 N–H and O–H groups in total. The Morgan fingerprint density at radius 2 is 2.10 bits per heavy atom. The molecule has 122 valence electrons. The number of rotatable bonds is 7. The van der Waals surface area contributed by atoms with Crippen LogP contribution in [0.5, 0.6) is 0 Å². The van der Waals surface area contributed by atoms with Crippen LogP contribution in [0.1, 0.15) is 65.2 Å². The Morgan fingerprint density at radius 3 is 2.76 bits per heavy atom. The van der Waals surface area contributed by atoms with Crippen LogP contribution in [0.3, 0.4) is 0 Å². The van der Waals surface area contributed by atoms with E-state index in [1.165, 1.54) is 12.8 Å². The SMILES string of the molecule is CCCCCNC(=O)C(C)N1CCCC1C1CCCC1O. The van der Waals surface area contributed by atoms with Crippen LogP contribution < -0.4 is 5.32 Å². The second-order valence-corrected chi connectivity index (χ2v) is 6.78. The molecule has 2 fully saturated rings. The summed E-state index contributed by atoms with van der Waals surface area (Å²) in [7, 11) is 0. The zero-order valence-electron chi connectivity index (χ0n) is 13.7. The summed E-state index contributed by atoms with van der Waals surface area (Å²) in [5, 5.41) is 13.2. The van der Waals surface area contributed by atoms with E-state index in [1.54, 1.807) is 0 Å². The molecule has 0 aromatic heterocycles. The van der Waals surface area contributed by atoms with Crippen molar-refractivity contribution in [3.8, 4) is 0 Å². The molecule has 0 bridgehead atoms. The number of nitrogens with zero attached hydrogens (tertiary/aromatic N) is 1. The van der Waals surface area contributed by atoms with Gasteiger partial charge in [0.05, 0.1) is 12.1 Å². The lowest BCUT2D eigenvalue weighted by Gasteiger charge is -2.34. The van der Waals surface area contributed by atoms with Gasteiger partial charge >= 0.3 is 0 Å². The molecule has 0 aromatic carbocycles. The van der Waals surface area contributed by atoms with Crippen molar-refractivity contribution in [2.24, 2.45) is 5.92 Å². The van der Waals surface area contributed by atoms with Gasteiger partial charge in [-0.2, -0.15) is 0 Å². The molecule has 0 aromatic rings. The van der Waals surface area contributed by atoms with Crippen molar-refractivity contribution >= 4 is 5.91 Å².